The highest BCUT2D eigenvalue weighted by atomic mass is 16.5. The minimum Gasteiger partial charge on any atom is -0.489 e. The molecular weight excluding hydrogens is 254 g/mol. The van der Waals surface area contributed by atoms with Crippen molar-refractivity contribution in [1.82, 2.24) is 4.90 Å². The Morgan fingerprint density at radius 1 is 1.50 bits per heavy atom. The van der Waals surface area contributed by atoms with Crippen LogP contribution < -0.4 is 4.74 Å². The molecule has 0 aliphatic carbocycles. The van der Waals surface area contributed by atoms with Crippen molar-refractivity contribution in [2.24, 2.45) is 5.92 Å². The average molecular weight is 277 g/mol. The van der Waals surface area contributed by atoms with Gasteiger partial charge in [-0.3, -0.25) is 4.79 Å². The normalized spacial score (nSPS) is 21.4. The van der Waals surface area contributed by atoms with Gasteiger partial charge in [0.05, 0.1) is 5.92 Å². The summed E-state index contributed by atoms with van der Waals surface area (Å²) in [5.74, 6) is -0.327. The van der Waals surface area contributed by atoms with Gasteiger partial charge in [0.15, 0.2) is 0 Å². The Balaban J connectivity index is 2.05. The number of benzene rings is 1. The van der Waals surface area contributed by atoms with Gasteiger partial charge in [-0.1, -0.05) is 25.1 Å². The van der Waals surface area contributed by atoms with Crippen LogP contribution in [0.2, 0.25) is 0 Å². The van der Waals surface area contributed by atoms with E-state index in [4.69, 9.17) is 9.84 Å². The van der Waals surface area contributed by atoms with Crippen molar-refractivity contribution in [3.05, 3.63) is 29.8 Å². The maximum absolute atomic E-state index is 11.0. The Morgan fingerprint density at radius 2 is 2.25 bits per heavy atom. The highest BCUT2D eigenvalue weighted by Crippen LogP contribution is 2.24. The molecule has 2 unspecified atom stereocenters. The molecule has 0 aromatic heterocycles. The van der Waals surface area contributed by atoms with Gasteiger partial charge in [0, 0.05) is 6.54 Å². The standard InChI is InChI=1S/C16H23NO3/c1-12(16(18)19)10-13-6-3-4-8-15(13)20-14-7-5-9-17(2)11-14/h3-4,6,8,12,14H,5,7,9-11H2,1-2H3,(H,18,19). The van der Waals surface area contributed by atoms with E-state index >= 15 is 0 Å². The first kappa shape index (κ1) is 14.9. The third-order valence-electron chi connectivity index (χ3n) is 3.80. The zero-order valence-electron chi connectivity index (χ0n) is 12.2. The molecular formula is C16H23NO3. The molecule has 1 aromatic carbocycles. The van der Waals surface area contributed by atoms with Crippen molar-refractivity contribution in [3.63, 3.8) is 0 Å². The maximum atomic E-state index is 11.0. The smallest absolute Gasteiger partial charge is 0.306 e. The number of para-hydroxylation sites is 1. The molecule has 1 aliphatic rings. The number of carboxylic acids is 1. The molecule has 20 heavy (non-hydrogen) atoms. The predicted molar refractivity (Wildman–Crippen MR) is 78.1 cm³/mol. The summed E-state index contributed by atoms with van der Waals surface area (Å²) >= 11 is 0. The summed E-state index contributed by atoms with van der Waals surface area (Å²) in [4.78, 5) is 13.3. The Morgan fingerprint density at radius 3 is 2.95 bits per heavy atom. The number of hydrogen-bond donors (Lipinski definition) is 1. The summed E-state index contributed by atoms with van der Waals surface area (Å²) in [5, 5.41) is 9.04. The fraction of sp³-hybridized carbons (Fsp3) is 0.562. The van der Waals surface area contributed by atoms with Gasteiger partial charge in [0.1, 0.15) is 11.9 Å². The number of likely N-dealkylation sites (tertiary alicyclic amines) is 1. The molecule has 110 valence electrons. The van der Waals surface area contributed by atoms with Crippen molar-refractivity contribution < 1.29 is 14.6 Å². The summed E-state index contributed by atoms with van der Waals surface area (Å²) < 4.78 is 6.10. The summed E-state index contributed by atoms with van der Waals surface area (Å²) in [5.41, 5.74) is 0.982. The van der Waals surface area contributed by atoms with Crippen LogP contribution in [0.25, 0.3) is 0 Å². The molecule has 1 N–H and O–H groups in total. The van der Waals surface area contributed by atoms with Crippen molar-refractivity contribution >= 4 is 5.97 Å². The number of aliphatic carboxylic acids is 1. The largest absolute Gasteiger partial charge is 0.489 e. The van der Waals surface area contributed by atoms with Gasteiger partial charge in [0.25, 0.3) is 0 Å². The molecule has 4 nitrogen and oxygen atoms in total. The van der Waals surface area contributed by atoms with Crippen LogP contribution in [0.15, 0.2) is 24.3 Å². The first-order valence-corrected chi connectivity index (χ1v) is 7.22. The van der Waals surface area contributed by atoms with E-state index in [0.29, 0.717) is 6.42 Å². The first-order valence-electron chi connectivity index (χ1n) is 7.22. The van der Waals surface area contributed by atoms with Crippen LogP contribution in [-0.2, 0) is 11.2 Å². The third kappa shape index (κ3) is 3.97. The number of hydrogen-bond acceptors (Lipinski definition) is 3. The molecule has 1 aliphatic heterocycles. The number of likely N-dealkylation sites (N-methyl/N-ethyl adjacent to an activating group) is 1. The van der Waals surface area contributed by atoms with E-state index < -0.39 is 11.9 Å². The molecule has 0 radical (unpaired) electrons. The summed E-state index contributed by atoms with van der Waals surface area (Å²) in [6.45, 7) is 3.79. The Kier molecular flexibility index (Phi) is 5.01. The molecule has 0 bridgehead atoms. The summed E-state index contributed by atoms with van der Waals surface area (Å²) in [7, 11) is 2.11. The molecule has 0 amide bonds. The van der Waals surface area contributed by atoms with E-state index in [0.717, 1.165) is 37.2 Å². The van der Waals surface area contributed by atoms with Crippen LogP contribution in [0.5, 0.6) is 5.75 Å². The predicted octanol–water partition coefficient (Wildman–Crippen LogP) is 2.42. The van der Waals surface area contributed by atoms with Gasteiger partial charge < -0.3 is 14.7 Å². The van der Waals surface area contributed by atoms with Crippen LogP contribution in [0.3, 0.4) is 0 Å². The Labute approximate surface area is 120 Å². The van der Waals surface area contributed by atoms with Crippen LogP contribution in [0.1, 0.15) is 25.3 Å². The summed E-state index contributed by atoms with van der Waals surface area (Å²) in [6.07, 6.45) is 2.92. The van der Waals surface area contributed by atoms with Crippen molar-refractivity contribution in [2.45, 2.75) is 32.3 Å². The molecule has 1 fully saturated rings. The van der Waals surface area contributed by atoms with E-state index in [1.807, 2.05) is 24.3 Å². The first-order chi connectivity index (χ1) is 9.56. The lowest BCUT2D eigenvalue weighted by atomic mass is 10.0. The van der Waals surface area contributed by atoms with Gasteiger partial charge in [-0.25, -0.2) is 0 Å². The highest BCUT2D eigenvalue weighted by Gasteiger charge is 2.20. The van der Waals surface area contributed by atoms with Gasteiger partial charge in [0.2, 0.25) is 0 Å². The van der Waals surface area contributed by atoms with E-state index in [2.05, 4.69) is 11.9 Å². The molecule has 1 heterocycles. The van der Waals surface area contributed by atoms with Gasteiger partial charge >= 0.3 is 5.97 Å². The van der Waals surface area contributed by atoms with E-state index in [1.54, 1.807) is 6.92 Å². The molecule has 2 atom stereocenters. The van der Waals surface area contributed by atoms with Crippen LogP contribution in [-0.4, -0.2) is 42.2 Å². The number of piperidine rings is 1. The molecule has 0 saturated carbocycles. The second-order valence-corrected chi connectivity index (χ2v) is 5.70. The van der Waals surface area contributed by atoms with Crippen molar-refractivity contribution in [1.29, 1.82) is 0 Å². The van der Waals surface area contributed by atoms with Crippen LogP contribution in [0, 0.1) is 5.92 Å². The SMILES string of the molecule is CC(Cc1ccccc1OC1CCCN(C)C1)C(=O)O. The van der Waals surface area contributed by atoms with E-state index in [1.165, 1.54) is 0 Å². The number of rotatable bonds is 5. The van der Waals surface area contributed by atoms with Gasteiger partial charge in [-0.15, -0.1) is 0 Å². The minimum absolute atomic E-state index is 0.204. The fourth-order valence-corrected chi connectivity index (χ4v) is 2.60. The molecule has 1 saturated heterocycles. The lowest BCUT2D eigenvalue weighted by Crippen LogP contribution is -2.38. The highest BCUT2D eigenvalue weighted by molar-refractivity contribution is 5.70. The van der Waals surface area contributed by atoms with E-state index in [9.17, 15) is 4.79 Å². The van der Waals surface area contributed by atoms with Crippen LogP contribution >= 0.6 is 0 Å². The Bertz CT molecular complexity index is 461. The van der Waals surface area contributed by atoms with Crippen molar-refractivity contribution in [2.75, 3.05) is 20.1 Å². The zero-order chi connectivity index (χ0) is 14.5. The third-order valence-corrected chi connectivity index (χ3v) is 3.80. The van der Waals surface area contributed by atoms with Gasteiger partial charge in [-0.2, -0.15) is 0 Å². The maximum Gasteiger partial charge on any atom is 0.306 e. The van der Waals surface area contributed by atoms with E-state index in [-0.39, 0.29) is 6.10 Å². The molecule has 0 spiro atoms. The van der Waals surface area contributed by atoms with Gasteiger partial charge in [-0.05, 0) is 44.5 Å². The number of carboxylic acid groups (broad SMARTS) is 1. The molecule has 2 rings (SSSR count). The quantitative estimate of drug-likeness (QED) is 0.898. The number of ether oxygens (including phenoxy) is 1. The monoisotopic (exact) mass is 277 g/mol. The second-order valence-electron chi connectivity index (χ2n) is 5.70. The number of carbonyl (C=O) groups is 1. The minimum atomic E-state index is -0.766. The molecule has 4 heteroatoms. The second kappa shape index (κ2) is 6.75. The van der Waals surface area contributed by atoms with Crippen LogP contribution in [0.4, 0.5) is 0 Å². The number of nitrogens with zero attached hydrogens (tertiary/aromatic N) is 1. The molecule has 1 aromatic rings. The fourth-order valence-electron chi connectivity index (χ4n) is 2.60. The van der Waals surface area contributed by atoms with Crippen molar-refractivity contribution in [3.8, 4) is 5.75 Å². The zero-order valence-corrected chi connectivity index (χ0v) is 12.2. The lowest BCUT2D eigenvalue weighted by molar-refractivity contribution is -0.141. The summed E-state index contributed by atoms with van der Waals surface area (Å²) in [6, 6.07) is 7.78. The average Bonchev–Trinajstić information content (AvgIpc) is 2.41. The Hall–Kier alpha value is -1.55. The topological polar surface area (TPSA) is 49.8 Å². The lowest BCUT2D eigenvalue weighted by Gasteiger charge is -2.30.